The molecule has 4 rings (SSSR count). The standard InChI is InChI=1S/C15H21NO3.C10H13NO/c1-15(2,3)19-14(18)16-8-4-5-12-9-11(10-17)6-7-13(12)16;12-7-8-3-4-10-9(6-8)2-1-5-11-10/h6-7,9,17H,4-5,8,10H2,1-3H3;3-4,6,11-12H,1-2,5,7H2. The maximum atomic E-state index is 12.2. The first kappa shape index (κ1) is 23.1. The average molecular weight is 427 g/mol. The highest BCUT2D eigenvalue weighted by Gasteiger charge is 2.27. The van der Waals surface area contributed by atoms with Gasteiger partial charge in [-0.3, -0.25) is 4.90 Å². The summed E-state index contributed by atoms with van der Waals surface area (Å²) in [6.07, 6.45) is 3.88. The molecule has 2 aromatic rings. The van der Waals surface area contributed by atoms with E-state index in [4.69, 9.17) is 14.9 Å². The topological polar surface area (TPSA) is 82.0 Å². The van der Waals surface area contributed by atoms with Gasteiger partial charge >= 0.3 is 6.09 Å². The Bertz CT molecular complexity index is 905. The molecular formula is C25H34N2O4. The predicted molar refractivity (Wildman–Crippen MR) is 123 cm³/mol. The molecule has 0 fully saturated rings. The number of fused-ring (bicyclic) bond motifs is 2. The predicted octanol–water partition coefficient (Wildman–Crippen LogP) is 4.40. The molecule has 31 heavy (non-hydrogen) atoms. The summed E-state index contributed by atoms with van der Waals surface area (Å²) in [7, 11) is 0. The highest BCUT2D eigenvalue weighted by atomic mass is 16.6. The fourth-order valence-corrected chi connectivity index (χ4v) is 3.88. The highest BCUT2D eigenvalue weighted by Crippen LogP contribution is 2.29. The minimum atomic E-state index is -0.486. The molecule has 2 heterocycles. The average Bonchev–Trinajstić information content (AvgIpc) is 2.77. The summed E-state index contributed by atoms with van der Waals surface area (Å²) in [4.78, 5) is 13.9. The van der Waals surface area contributed by atoms with Crippen molar-refractivity contribution in [1.29, 1.82) is 0 Å². The molecule has 0 bridgehead atoms. The number of ether oxygens (including phenoxy) is 1. The molecular weight excluding hydrogens is 392 g/mol. The smallest absolute Gasteiger partial charge is 0.414 e. The van der Waals surface area contributed by atoms with Crippen molar-refractivity contribution < 1.29 is 19.7 Å². The molecule has 3 N–H and O–H groups in total. The number of carbonyl (C=O) groups is 1. The van der Waals surface area contributed by atoms with E-state index in [1.54, 1.807) is 4.90 Å². The van der Waals surface area contributed by atoms with Crippen LogP contribution in [0.3, 0.4) is 0 Å². The van der Waals surface area contributed by atoms with Crippen molar-refractivity contribution in [3.63, 3.8) is 0 Å². The zero-order chi connectivity index (χ0) is 22.4. The number of benzene rings is 2. The first-order valence-corrected chi connectivity index (χ1v) is 11.0. The number of aliphatic hydroxyl groups is 2. The zero-order valence-corrected chi connectivity index (χ0v) is 18.8. The Morgan fingerprint density at radius 3 is 2.32 bits per heavy atom. The summed E-state index contributed by atoms with van der Waals surface area (Å²) in [5, 5.41) is 21.4. The summed E-state index contributed by atoms with van der Waals surface area (Å²) in [6.45, 7) is 7.53. The van der Waals surface area contributed by atoms with Crippen LogP contribution in [0.15, 0.2) is 36.4 Å². The Labute approximate surface area is 184 Å². The van der Waals surface area contributed by atoms with Crippen LogP contribution in [0.5, 0.6) is 0 Å². The van der Waals surface area contributed by atoms with E-state index in [0.29, 0.717) is 6.54 Å². The minimum absolute atomic E-state index is 0.0275. The number of rotatable bonds is 2. The number of hydrogen-bond donors (Lipinski definition) is 3. The minimum Gasteiger partial charge on any atom is -0.443 e. The Balaban J connectivity index is 0.000000194. The molecule has 6 heteroatoms. The maximum absolute atomic E-state index is 12.2. The van der Waals surface area contributed by atoms with Gasteiger partial charge in [-0.25, -0.2) is 4.79 Å². The van der Waals surface area contributed by atoms with Crippen LogP contribution < -0.4 is 10.2 Å². The second-order valence-electron chi connectivity index (χ2n) is 9.04. The van der Waals surface area contributed by atoms with Gasteiger partial charge in [0.25, 0.3) is 0 Å². The Morgan fingerprint density at radius 1 is 1.00 bits per heavy atom. The SMILES string of the molecule is CC(C)(C)OC(=O)N1CCCc2cc(CO)ccc21.OCc1ccc2c(c1)CCCN2. The summed E-state index contributed by atoms with van der Waals surface area (Å²) >= 11 is 0. The van der Waals surface area contributed by atoms with Crippen molar-refractivity contribution in [2.75, 3.05) is 23.3 Å². The van der Waals surface area contributed by atoms with Gasteiger partial charge in [0.15, 0.2) is 0 Å². The van der Waals surface area contributed by atoms with Crippen LogP contribution in [0.4, 0.5) is 16.2 Å². The first-order chi connectivity index (χ1) is 14.8. The molecule has 0 saturated carbocycles. The van der Waals surface area contributed by atoms with Gasteiger partial charge in [-0.2, -0.15) is 0 Å². The molecule has 2 aromatic carbocycles. The molecule has 168 valence electrons. The van der Waals surface area contributed by atoms with Crippen molar-refractivity contribution in [2.45, 2.75) is 65.3 Å². The number of amides is 1. The Hall–Kier alpha value is -2.57. The number of nitrogens with one attached hydrogen (secondary N) is 1. The molecule has 0 saturated heterocycles. The van der Waals surface area contributed by atoms with Gasteiger partial charge in [-0.05, 0) is 80.8 Å². The third kappa shape index (κ3) is 6.21. The van der Waals surface area contributed by atoms with Crippen LogP contribution in [0, 0.1) is 0 Å². The van der Waals surface area contributed by atoms with E-state index in [-0.39, 0.29) is 19.3 Å². The molecule has 1 amide bonds. The van der Waals surface area contributed by atoms with E-state index in [1.807, 2.05) is 45.0 Å². The Kier molecular flexibility index (Phi) is 7.57. The van der Waals surface area contributed by atoms with Crippen molar-refractivity contribution in [2.24, 2.45) is 0 Å². The van der Waals surface area contributed by atoms with E-state index in [2.05, 4.69) is 17.4 Å². The second-order valence-corrected chi connectivity index (χ2v) is 9.04. The number of carbonyl (C=O) groups excluding carboxylic acids is 1. The van der Waals surface area contributed by atoms with Crippen LogP contribution in [-0.2, 0) is 30.8 Å². The molecule has 0 aromatic heterocycles. The quantitative estimate of drug-likeness (QED) is 0.663. The molecule has 0 aliphatic carbocycles. The largest absolute Gasteiger partial charge is 0.443 e. The number of aliphatic hydroxyl groups excluding tert-OH is 2. The summed E-state index contributed by atoms with van der Waals surface area (Å²) < 4.78 is 5.43. The molecule has 2 aliphatic heterocycles. The van der Waals surface area contributed by atoms with E-state index in [0.717, 1.165) is 48.2 Å². The summed E-state index contributed by atoms with van der Waals surface area (Å²) in [5.41, 5.74) is 5.98. The van der Waals surface area contributed by atoms with Crippen molar-refractivity contribution >= 4 is 17.5 Å². The van der Waals surface area contributed by atoms with E-state index in [1.165, 1.54) is 17.7 Å². The molecule has 6 nitrogen and oxygen atoms in total. The van der Waals surface area contributed by atoms with Crippen LogP contribution in [0.1, 0.15) is 55.9 Å². The van der Waals surface area contributed by atoms with Gasteiger partial charge in [-0.1, -0.05) is 24.3 Å². The number of hydrogen-bond acceptors (Lipinski definition) is 5. The van der Waals surface area contributed by atoms with Gasteiger partial charge in [-0.15, -0.1) is 0 Å². The third-order valence-corrected chi connectivity index (χ3v) is 5.35. The van der Waals surface area contributed by atoms with Gasteiger partial charge in [0.1, 0.15) is 5.60 Å². The molecule has 0 unspecified atom stereocenters. The molecule has 0 atom stereocenters. The maximum Gasteiger partial charge on any atom is 0.414 e. The van der Waals surface area contributed by atoms with Gasteiger partial charge in [0.05, 0.1) is 18.9 Å². The number of nitrogens with zero attached hydrogens (tertiary/aromatic N) is 1. The lowest BCUT2D eigenvalue weighted by Gasteiger charge is -2.31. The number of anilines is 2. The number of aryl methyl sites for hydroxylation is 2. The Morgan fingerprint density at radius 2 is 1.65 bits per heavy atom. The monoisotopic (exact) mass is 426 g/mol. The van der Waals surface area contributed by atoms with E-state index in [9.17, 15) is 4.79 Å². The summed E-state index contributed by atoms with van der Waals surface area (Å²) in [6, 6.07) is 11.8. The van der Waals surface area contributed by atoms with Gasteiger partial charge in [0.2, 0.25) is 0 Å². The molecule has 2 aliphatic rings. The van der Waals surface area contributed by atoms with Gasteiger partial charge < -0.3 is 20.3 Å². The fraction of sp³-hybridized carbons (Fsp3) is 0.480. The van der Waals surface area contributed by atoms with Crippen LogP contribution in [-0.4, -0.2) is 35.0 Å². The van der Waals surface area contributed by atoms with E-state index >= 15 is 0 Å². The zero-order valence-electron chi connectivity index (χ0n) is 18.8. The van der Waals surface area contributed by atoms with E-state index < -0.39 is 5.60 Å². The fourth-order valence-electron chi connectivity index (χ4n) is 3.88. The molecule has 0 radical (unpaired) electrons. The lowest BCUT2D eigenvalue weighted by molar-refractivity contribution is 0.0578. The van der Waals surface area contributed by atoms with Crippen molar-refractivity contribution in [3.05, 3.63) is 58.7 Å². The summed E-state index contributed by atoms with van der Waals surface area (Å²) in [5.74, 6) is 0. The molecule has 0 spiro atoms. The third-order valence-electron chi connectivity index (χ3n) is 5.35. The lowest BCUT2D eigenvalue weighted by atomic mass is 10.00. The first-order valence-electron chi connectivity index (χ1n) is 11.0. The van der Waals surface area contributed by atoms with Gasteiger partial charge in [0, 0.05) is 18.8 Å². The van der Waals surface area contributed by atoms with Crippen LogP contribution in [0.25, 0.3) is 0 Å². The van der Waals surface area contributed by atoms with Crippen molar-refractivity contribution in [3.8, 4) is 0 Å². The second kappa shape index (κ2) is 10.2. The van der Waals surface area contributed by atoms with Crippen molar-refractivity contribution in [1.82, 2.24) is 0 Å². The van der Waals surface area contributed by atoms with Crippen LogP contribution >= 0.6 is 0 Å². The lowest BCUT2D eigenvalue weighted by Crippen LogP contribution is -2.39. The van der Waals surface area contributed by atoms with Crippen LogP contribution in [0.2, 0.25) is 0 Å². The highest BCUT2D eigenvalue weighted by molar-refractivity contribution is 5.89. The normalized spacial score (nSPS) is 15.1.